The van der Waals surface area contributed by atoms with Crippen LogP contribution < -0.4 is 0 Å². The van der Waals surface area contributed by atoms with Crippen LogP contribution in [0.15, 0.2) is 0 Å². The van der Waals surface area contributed by atoms with Crippen LogP contribution in [0.2, 0.25) is 0 Å². The molecule has 6 nitrogen and oxygen atoms in total. The average molecular weight is 237 g/mol. The highest BCUT2D eigenvalue weighted by Gasteiger charge is 2.33. The third-order valence-electron chi connectivity index (χ3n) is 3.10. The molecule has 1 aliphatic rings. The average Bonchev–Trinajstić information content (AvgIpc) is 3.05. The van der Waals surface area contributed by atoms with E-state index in [1.54, 1.807) is 7.05 Å². The smallest absolute Gasteiger partial charge is 0.299 e. The zero-order valence-corrected chi connectivity index (χ0v) is 9.97. The van der Waals surface area contributed by atoms with Crippen molar-refractivity contribution in [3.63, 3.8) is 0 Å². The fourth-order valence-electron chi connectivity index (χ4n) is 1.97. The van der Waals surface area contributed by atoms with Crippen LogP contribution in [-0.4, -0.2) is 20.5 Å². The van der Waals surface area contributed by atoms with Gasteiger partial charge in [0.05, 0.1) is 11.3 Å². The summed E-state index contributed by atoms with van der Waals surface area (Å²) < 4.78 is 1.47. The first-order chi connectivity index (χ1) is 8.04. The number of aryl methyl sites for hydroxylation is 2. The molecule has 0 spiro atoms. The minimum absolute atomic E-state index is 0.0176. The van der Waals surface area contributed by atoms with Crippen molar-refractivity contribution in [3.05, 3.63) is 21.5 Å². The van der Waals surface area contributed by atoms with E-state index < -0.39 is 4.92 Å². The van der Waals surface area contributed by atoms with Gasteiger partial charge in [0.1, 0.15) is 17.2 Å². The Morgan fingerprint density at radius 3 is 2.71 bits per heavy atom. The van der Waals surface area contributed by atoms with Crippen molar-refractivity contribution in [1.82, 2.24) is 9.78 Å². The Hall–Kier alpha value is -1.72. The molecule has 0 N–H and O–H groups in total. The Bertz CT molecular complexity index is 475. The van der Waals surface area contributed by atoms with Crippen molar-refractivity contribution in [2.24, 2.45) is 13.0 Å². The first kappa shape index (κ1) is 11.8. The maximum Gasteiger partial charge on any atom is 0.313 e. The number of nitro groups is 1. The van der Waals surface area contributed by atoms with Gasteiger partial charge in [0, 0.05) is 13.0 Å². The number of Topliss-reactive ketones (excluding diaryl/α,β-unsaturated/α-hetero) is 1. The summed E-state index contributed by atoms with van der Waals surface area (Å²) in [6.07, 6.45) is 2.47. The fourth-order valence-corrected chi connectivity index (χ4v) is 1.97. The van der Waals surface area contributed by atoms with E-state index in [1.165, 1.54) is 4.68 Å². The zero-order chi connectivity index (χ0) is 12.6. The lowest BCUT2D eigenvalue weighted by molar-refractivity contribution is -0.386. The van der Waals surface area contributed by atoms with Crippen LogP contribution in [0.25, 0.3) is 0 Å². The quantitative estimate of drug-likeness (QED) is 0.573. The highest BCUT2D eigenvalue weighted by Crippen LogP contribution is 2.32. The minimum atomic E-state index is -0.429. The Morgan fingerprint density at radius 2 is 2.24 bits per heavy atom. The largest absolute Gasteiger partial charge is 0.313 e. The SMILES string of the molecule is CCc1nn(C)c(CC(=O)C2CC2)c1[N+](=O)[O-]. The van der Waals surface area contributed by atoms with Crippen molar-refractivity contribution in [2.45, 2.75) is 32.6 Å². The molecule has 0 atom stereocenters. The monoisotopic (exact) mass is 237 g/mol. The van der Waals surface area contributed by atoms with Gasteiger partial charge in [-0.1, -0.05) is 6.92 Å². The Kier molecular flexibility index (Phi) is 2.95. The van der Waals surface area contributed by atoms with E-state index in [0.717, 1.165) is 12.8 Å². The van der Waals surface area contributed by atoms with Crippen LogP contribution in [0.5, 0.6) is 0 Å². The molecule has 1 aromatic heterocycles. The number of carbonyl (C=O) groups excluding carboxylic acids is 1. The lowest BCUT2D eigenvalue weighted by atomic mass is 10.1. The van der Waals surface area contributed by atoms with Gasteiger partial charge in [-0.05, 0) is 19.3 Å². The minimum Gasteiger partial charge on any atom is -0.299 e. The lowest BCUT2D eigenvalue weighted by Crippen LogP contribution is -2.10. The van der Waals surface area contributed by atoms with Crippen molar-refractivity contribution in [1.29, 1.82) is 0 Å². The zero-order valence-electron chi connectivity index (χ0n) is 9.97. The molecular weight excluding hydrogens is 222 g/mol. The summed E-state index contributed by atoms with van der Waals surface area (Å²) in [5, 5.41) is 15.1. The molecule has 0 bridgehead atoms. The van der Waals surface area contributed by atoms with Crippen molar-refractivity contribution < 1.29 is 9.72 Å². The summed E-state index contributed by atoms with van der Waals surface area (Å²) in [6.45, 7) is 1.82. The number of hydrogen-bond acceptors (Lipinski definition) is 4. The van der Waals surface area contributed by atoms with Crippen molar-refractivity contribution in [3.8, 4) is 0 Å². The van der Waals surface area contributed by atoms with Gasteiger partial charge in [-0.3, -0.25) is 19.6 Å². The summed E-state index contributed by atoms with van der Waals surface area (Å²) in [5.41, 5.74) is 0.906. The van der Waals surface area contributed by atoms with E-state index in [0.29, 0.717) is 17.8 Å². The molecular formula is C11H15N3O3. The second-order valence-corrected chi connectivity index (χ2v) is 4.39. The second kappa shape index (κ2) is 4.27. The predicted molar refractivity (Wildman–Crippen MR) is 60.7 cm³/mol. The number of hydrogen-bond donors (Lipinski definition) is 0. The number of nitrogens with zero attached hydrogens (tertiary/aromatic N) is 3. The highest BCUT2D eigenvalue weighted by molar-refractivity contribution is 5.85. The summed E-state index contributed by atoms with van der Waals surface area (Å²) >= 11 is 0. The van der Waals surface area contributed by atoms with Gasteiger partial charge in [-0.15, -0.1) is 0 Å². The Morgan fingerprint density at radius 1 is 1.59 bits per heavy atom. The standard InChI is InChI=1S/C11H15N3O3/c1-3-8-11(14(16)17)9(13(2)12-8)6-10(15)7-4-5-7/h7H,3-6H2,1-2H3. The third-order valence-corrected chi connectivity index (χ3v) is 3.10. The van der Waals surface area contributed by atoms with Gasteiger partial charge in [0.2, 0.25) is 0 Å². The number of aromatic nitrogens is 2. The van der Waals surface area contributed by atoms with Crippen molar-refractivity contribution in [2.75, 3.05) is 0 Å². The molecule has 1 aliphatic carbocycles. The van der Waals surface area contributed by atoms with E-state index in [1.807, 2.05) is 6.92 Å². The maximum atomic E-state index is 11.7. The molecule has 0 amide bonds. The number of ketones is 1. The van der Waals surface area contributed by atoms with E-state index in [4.69, 9.17) is 0 Å². The molecule has 0 saturated heterocycles. The van der Waals surface area contributed by atoms with E-state index in [-0.39, 0.29) is 23.8 Å². The fraction of sp³-hybridized carbons (Fsp3) is 0.636. The molecule has 1 heterocycles. The second-order valence-electron chi connectivity index (χ2n) is 4.39. The van der Waals surface area contributed by atoms with Crippen LogP contribution in [0.1, 0.15) is 31.2 Å². The van der Waals surface area contributed by atoms with Crippen LogP contribution in [0.4, 0.5) is 5.69 Å². The van der Waals surface area contributed by atoms with Crippen LogP contribution in [0.3, 0.4) is 0 Å². The number of rotatable bonds is 5. The van der Waals surface area contributed by atoms with E-state index in [2.05, 4.69) is 5.10 Å². The molecule has 0 radical (unpaired) electrons. The lowest BCUT2D eigenvalue weighted by Gasteiger charge is -1.99. The van der Waals surface area contributed by atoms with Crippen LogP contribution >= 0.6 is 0 Å². The molecule has 1 fully saturated rings. The Balaban J connectivity index is 2.33. The van der Waals surface area contributed by atoms with Gasteiger partial charge >= 0.3 is 5.69 Å². The molecule has 17 heavy (non-hydrogen) atoms. The molecule has 1 saturated carbocycles. The summed E-state index contributed by atoms with van der Waals surface area (Å²) in [5.74, 6) is 0.216. The summed E-state index contributed by atoms with van der Waals surface area (Å²) in [7, 11) is 1.65. The molecule has 0 unspecified atom stereocenters. The van der Waals surface area contributed by atoms with Gasteiger partial charge in [0.25, 0.3) is 0 Å². The maximum absolute atomic E-state index is 11.7. The Labute approximate surface area is 98.8 Å². The summed E-state index contributed by atoms with van der Waals surface area (Å²) in [6, 6.07) is 0. The van der Waals surface area contributed by atoms with E-state index >= 15 is 0 Å². The van der Waals surface area contributed by atoms with Crippen molar-refractivity contribution >= 4 is 11.5 Å². The molecule has 92 valence electrons. The normalized spacial score (nSPS) is 14.9. The highest BCUT2D eigenvalue weighted by atomic mass is 16.6. The molecule has 6 heteroatoms. The van der Waals surface area contributed by atoms with Crippen LogP contribution in [0, 0.1) is 16.0 Å². The molecule has 2 rings (SSSR count). The topological polar surface area (TPSA) is 78.0 Å². The molecule has 0 aromatic carbocycles. The van der Waals surface area contributed by atoms with Gasteiger partial charge in [-0.2, -0.15) is 5.10 Å². The molecule has 1 aromatic rings. The van der Waals surface area contributed by atoms with Gasteiger partial charge in [-0.25, -0.2) is 0 Å². The first-order valence-corrected chi connectivity index (χ1v) is 5.76. The van der Waals surface area contributed by atoms with Gasteiger partial charge in [0.15, 0.2) is 0 Å². The third kappa shape index (κ3) is 2.20. The van der Waals surface area contributed by atoms with Crippen LogP contribution in [-0.2, 0) is 24.7 Å². The predicted octanol–water partition coefficient (Wildman–Crippen LogP) is 1.41. The summed E-state index contributed by atoms with van der Waals surface area (Å²) in [4.78, 5) is 22.3. The first-order valence-electron chi connectivity index (χ1n) is 5.76. The number of carbonyl (C=O) groups is 1. The molecule has 0 aliphatic heterocycles. The van der Waals surface area contributed by atoms with E-state index in [9.17, 15) is 14.9 Å². The van der Waals surface area contributed by atoms with Gasteiger partial charge < -0.3 is 0 Å².